The highest BCUT2D eigenvalue weighted by molar-refractivity contribution is 9.11. The molecular formula is C21H16BrN3O2S2. The molecule has 5 nitrogen and oxygen atoms in total. The minimum Gasteiger partial charge on any atom is -0.431 e. The molecule has 1 amide bonds. The van der Waals surface area contributed by atoms with Crippen molar-refractivity contribution in [2.24, 2.45) is 0 Å². The van der Waals surface area contributed by atoms with Gasteiger partial charge in [-0.2, -0.15) is 0 Å². The van der Waals surface area contributed by atoms with Gasteiger partial charge in [0.05, 0.1) is 14.4 Å². The van der Waals surface area contributed by atoms with Crippen molar-refractivity contribution in [3.63, 3.8) is 0 Å². The fraction of sp³-hybridized carbons (Fsp3) is 0.0476. The highest BCUT2D eigenvalue weighted by Crippen LogP contribution is 2.27. The third-order valence-electron chi connectivity index (χ3n) is 4.05. The van der Waals surface area contributed by atoms with Crippen LogP contribution in [-0.2, 0) is 5.75 Å². The van der Waals surface area contributed by atoms with Gasteiger partial charge in [-0.3, -0.25) is 15.6 Å². The van der Waals surface area contributed by atoms with Gasteiger partial charge in [0, 0.05) is 11.3 Å². The molecule has 4 rings (SSSR count). The zero-order valence-electron chi connectivity index (χ0n) is 15.1. The summed E-state index contributed by atoms with van der Waals surface area (Å²) in [7, 11) is 0. The molecule has 0 saturated carbocycles. The fourth-order valence-electron chi connectivity index (χ4n) is 2.55. The van der Waals surface area contributed by atoms with E-state index in [9.17, 15) is 4.79 Å². The number of nitrogens with zero attached hydrogens (tertiary/aromatic N) is 1. The summed E-state index contributed by atoms with van der Waals surface area (Å²) in [4.78, 5) is 17.7. The molecule has 0 spiro atoms. The molecule has 0 aliphatic carbocycles. The number of fused-ring (bicyclic) bond motifs is 1. The van der Waals surface area contributed by atoms with E-state index in [0.717, 1.165) is 25.3 Å². The monoisotopic (exact) mass is 485 g/mol. The zero-order valence-corrected chi connectivity index (χ0v) is 18.4. The van der Waals surface area contributed by atoms with Crippen LogP contribution in [0, 0.1) is 0 Å². The summed E-state index contributed by atoms with van der Waals surface area (Å²) in [5.41, 5.74) is 9.44. The normalized spacial score (nSPS) is 10.8. The molecule has 2 heterocycles. The largest absolute Gasteiger partial charge is 0.431 e. The molecule has 0 fully saturated rings. The Hall–Kier alpha value is -2.55. The number of aromatic nitrogens is 1. The molecule has 0 aliphatic rings. The smallest absolute Gasteiger partial charge is 0.269 e. The molecule has 0 radical (unpaired) electrons. The third kappa shape index (κ3) is 4.90. The first-order valence-corrected chi connectivity index (χ1v) is 11.3. The summed E-state index contributed by atoms with van der Waals surface area (Å²) in [5.74, 6) is 0.483. The Morgan fingerprint density at radius 1 is 1.10 bits per heavy atom. The molecule has 0 atom stereocenters. The number of hydrogen-bond donors (Lipinski definition) is 2. The van der Waals surface area contributed by atoms with E-state index in [4.69, 9.17) is 4.42 Å². The van der Waals surface area contributed by atoms with E-state index >= 15 is 0 Å². The number of hydrogen-bond acceptors (Lipinski definition) is 6. The third-order valence-corrected chi connectivity index (χ3v) is 6.63. The molecule has 2 aromatic carbocycles. The van der Waals surface area contributed by atoms with Crippen LogP contribution in [0.3, 0.4) is 0 Å². The molecular weight excluding hydrogens is 470 g/mol. The van der Waals surface area contributed by atoms with Crippen LogP contribution in [0.25, 0.3) is 16.8 Å². The Morgan fingerprint density at radius 2 is 1.90 bits per heavy atom. The second-order valence-corrected chi connectivity index (χ2v) is 9.48. The fourth-order valence-corrected chi connectivity index (χ4v) is 4.66. The number of thioether (sulfide) groups is 1. The first kappa shape index (κ1) is 19.8. The number of carbonyl (C=O) groups is 1. The van der Waals surface area contributed by atoms with Crippen molar-refractivity contribution in [3.8, 4) is 0 Å². The number of amides is 1. The molecule has 2 aromatic heterocycles. The molecule has 4 aromatic rings. The van der Waals surface area contributed by atoms with Gasteiger partial charge in [-0.1, -0.05) is 42.6 Å². The van der Waals surface area contributed by atoms with Crippen LogP contribution in [0.15, 0.2) is 80.7 Å². The molecule has 8 heteroatoms. The van der Waals surface area contributed by atoms with Gasteiger partial charge in [0.1, 0.15) is 5.52 Å². The van der Waals surface area contributed by atoms with E-state index in [1.165, 1.54) is 23.1 Å². The summed E-state index contributed by atoms with van der Waals surface area (Å²) < 4.78 is 6.72. The van der Waals surface area contributed by atoms with E-state index in [1.807, 2.05) is 48.5 Å². The minimum atomic E-state index is -0.222. The lowest BCUT2D eigenvalue weighted by atomic mass is 10.1. The van der Waals surface area contributed by atoms with Crippen molar-refractivity contribution < 1.29 is 9.21 Å². The molecule has 0 saturated heterocycles. The molecule has 0 bridgehead atoms. The number of thiophene rings is 1. The van der Waals surface area contributed by atoms with Crippen molar-refractivity contribution >= 4 is 61.7 Å². The summed E-state index contributed by atoms with van der Waals surface area (Å²) in [5, 5.41) is 0.635. The lowest BCUT2D eigenvalue weighted by Gasteiger charge is -2.10. The molecule has 146 valence electrons. The summed E-state index contributed by atoms with van der Waals surface area (Å²) in [6.45, 7) is 3.93. The first-order chi connectivity index (χ1) is 14.1. The van der Waals surface area contributed by atoms with Gasteiger partial charge in [-0.25, -0.2) is 4.98 Å². The van der Waals surface area contributed by atoms with Crippen LogP contribution in [-0.4, -0.2) is 10.9 Å². The van der Waals surface area contributed by atoms with Crippen molar-refractivity contribution in [3.05, 3.63) is 87.0 Å². The maximum absolute atomic E-state index is 12.3. The Balaban J connectivity index is 1.31. The van der Waals surface area contributed by atoms with Crippen molar-refractivity contribution in [2.45, 2.75) is 11.0 Å². The number of hydrazine groups is 1. The number of para-hydroxylation sites is 2. The quantitative estimate of drug-likeness (QED) is 0.254. The average Bonchev–Trinajstić information content (AvgIpc) is 3.36. The van der Waals surface area contributed by atoms with E-state index in [0.29, 0.717) is 22.2 Å². The van der Waals surface area contributed by atoms with Gasteiger partial charge in [-0.05, 0) is 57.9 Å². The van der Waals surface area contributed by atoms with Gasteiger partial charge in [0.2, 0.25) is 0 Å². The summed E-state index contributed by atoms with van der Waals surface area (Å²) in [6.07, 6.45) is 0. The number of benzene rings is 2. The second kappa shape index (κ2) is 8.86. The van der Waals surface area contributed by atoms with Crippen molar-refractivity contribution in [1.29, 1.82) is 0 Å². The molecule has 29 heavy (non-hydrogen) atoms. The van der Waals surface area contributed by atoms with E-state index in [2.05, 4.69) is 38.3 Å². The van der Waals surface area contributed by atoms with Crippen molar-refractivity contribution in [1.82, 2.24) is 15.8 Å². The molecule has 2 N–H and O–H groups in total. The van der Waals surface area contributed by atoms with Crippen LogP contribution >= 0.6 is 39.0 Å². The van der Waals surface area contributed by atoms with Gasteiger partial charge in [0.25, 0.3) is 11.1 Å². The van der Waals surface area contributed by atoms with Crippen LogP contribution in [0.5, 0.6) is 0 Å². The maximum Gasteiger partial charge on any atom is 0.269 e. The van der Waals surface area contributed by atoms with Crippen LogP contribution in [0.4, 0.5) is 0 Å². The Bertz CT molecular complexity index is 1140. The van der Waals surface area contributed by atoms with E-state index in [1.54, 1.807) is 12.1 Å². The molecule has 0 unspecified atom stereocenters. The average molecular weight is 486 g/mol. The SMILES string of the molecule is C=C(NNC(=O)c1ccc(CSc2nc3ccccc3o2)cc1)c1ccc(Br)s1. The van der Waals surface area contributed by atoms with E-state index < -0.39 is 0 Å². The summed E-state index contributed by atoms with van der Waals surface area (Å²) >= 11 is 6.47. The highest BCUT2D eigenvalue weighted by Gasteiger charge is 2.09. The number of halogens is 1. The zero-order chi connectivity index (χ0) is 20.2. The van der Waals surface area contributed by atoms with Crippen LogP contribution < -0.4 is 10.9 Å². The first-order valence-electron chi connectivity index (χ1n) is 8.67. The van der Waals surface area contributed by atoms with Gasteiger partial charge < -0.3 is 4.42 Å². The van der Waals surface area contributed by atoms with Crippen LogP contribution in [0.1, 0.15) is 20.8 Å². The second-order valence-electron chi connectivity index (χ2n) is 6.09. The van der Waals surface area contributed by atoms with Gasteiger partial charge in [0.15, 0.2) is 5.58 Å². The minimum absolute atomic E-state index is 0.222. The highest BCUT2D eigenvalue weighted by atomic mass is 79.9. The topological polar surface area (TPSA) is 67.2 Å². The van der Waals surface area contributed by atoms with E-state index in [-0.39, 0.29) is 5.91 Å². The number of oxazole rings is 1. The standard InChI is InChI=1S/C21H16BrN3O2S2/c1-13(18-10-11-19(22)29-18)24-25-20(26)15-8-6-14(7-9-15)12-28-21-23-16-4-2-3-5-17(16)27-21/h2-11,24H,1,12H2,(H,25,26). The Labute approximate surface area is 184 Å². The predicted molar refractivity (Wildman–Crippen MR) is 122 cm³/mol. The molecule has 0 aliphatic heterocycles. The summed E-state index contributed by atoms with van der Waals surface area (Å²) in [6, 6.07) is 19.0. The Kier molecular flexibility index (Phi) is 6.03. The Morgan fingerprint density at radius 3 is 2.62 bits per heavy atom. The van der Waals surface area contributed by atoms with Gasteiger partial charge >= 0.3 is 0 Å². The maximum atomic E-state index is 12.3. The van der Waals surface area contributed by atoms with Crippen LogP contribution in [0.2, 0.25) is 0 Å². The number of rotatable bonds is 7. The lowest BCUT2D eigenvalue weighted by molar-refractivity contribution is 0.0942. The van der Waals surface area contributed by atoms with Crippen molar-refractivity contribution in [2.75, 3.05) is 0 Å². The lowest BCUT2D eigenvalue weighted by Crippen LogP contribution is -2.35. The number of carbonyl (C=O) groups excluding carboxylic acids is 1. The predicted octanol–water partition coefficient (Wildman–Crippen LogP) is 5.85. The van der Waals surface area contributed by atoms with Gasteiger partial charge in [-0.15, -0.1) is 11.3 Å². The number of nitrogens with one attached hydrogen (secondary N) is 2.